The molecule has 0 amide bonds. The van der Waals surface area contributed by atoms with Gasteiger partial charge in [0.1, 0.15) is 23.4 Å². The minimum Gasteiger partial charge on any atom is -0.508 e. The second kappa shape index (κ2) is 9.48. The van der Waals surface area contributed by atoms with Gasteiger partial charge in [-0.1, -0.05) is 39.0 Å². The zero-order valence-corrected chi connectivity index (χ0v) is 16.5. The lowest BCUT2D eigenvalue weighted by atomic mass is 9.99. The van der Waals surface area contributed by atoms with Gasteiger partial charge in [-0.05, 0) is 48.7 Å². The number of phenols is 1. The quantitative estimate of drug-likeness (QED) is 0.697. The molecule has 0 heterocycles. The number of phenolic OH excluding ortho intramolecular Hbond substituents is 1. The SMILES string of the molecule is CCNCC(Cc1ccccc1OC)Oc1cc(C)c(O)cc1C(C)C. The zero-order chi connectivity index (χ0) is 19.1. The second-order valence-electron chi connectivity index (χ2n) is 6.89. The van der Waals surface area contributed by atoms with Crippen molar-refractivity contribution < 1.29 is 14.6 Å². The van der Waals surface area contributed by atoms with Gasteiger partial charge in [-0.2, -0.15) is 0 Å². The Morgan fingerprint density at radius 3 is 2.50 bits per heavy atom. The molecule has 26 heavy (non-hydrogen) atoms. The number of benzene rings is 2. The van der Waals surface area contributed by atoms with Crippen LogP contribution in [0, 0.1) is 6.92 Å². The first kappa shape index (κ1) is 20.1. The molecule has 0 aromatic heterocycles. The third-order valence-electron chi connectivity index (χ3n) is 4.51. The van der Waals surface area contributed by atoms with E-state index in [4.69, 9.17) is 9.47 Å². The van der Waals surface area contributed by atoms with Crippen LogP contribution in [0.15, 0.2) is 36.4 Å². The van der Waals surface area contributed by atoms with Crippen molar-refractivity contribution in [3.63, 3.8) is 0 Å². The van der Waals surface area contributed by atoms with Gasteiger partial charge in [0, 0.05) is 18.5 Å². The van der Waals surface area contributed by atoms with Gasteiger partial charge in [0.05, 0.1) is 7.11 Å². The van der Waals surface area contributed by atoms with E-state index in [1.165, 1.54) is 0 Å². The molecule has 0 saturated carbocycles. The molecule has 0 fully saturated rings. The number of hydrogen-bond donors (Lipinski definition) is 2. The first-order valence-corrected chi connectivity index (χ1v) is 9.29. The summed E-state index contributed by atoms with van der Waals surface area (Å²) in [4.78, 5) is 0. The van der Waals surface area contributed by atoms with E-state index in [-0.39, 0.29) is 12.0 Å². The summed E-state index contributed by atoms with van der Waals surface area (Å²) in [5.41, 5.74) is 2.97. The Balaban J connectivity index is 2.29. The van der Waals surface area contributed by atoms with E-state index in [0.717, 1.165) is 47.7 Å². The fraction of sp³-hybridized carbons (Fsp3) is 0.455. The van der Waals surface area contributed by atoms with Crippen molar-refractivity contribution in [3.8, 4) is 17.2 Å². The third kappa shape index (κ3) is 5.15. The number of likely N-dealkylation sites (N-methyl/N-ethyl adjacent to an activating group) is 1. The summed E-state index contributed by atoms with van der Waals surface area (Å²) in [6.45, 7) is 9.83. The smallest absolute Gasteiger partial charge is 0.123 e. The molecule has 1 atom stereocenters. The number of methoxy groups -OCH3 is 1. The van der Waals surface area contributed by atoms with E-state index in [2.05, 4.69) is 32.2 Å². The Kier molecular flexibility index (Phi) is 7.34. The lowest BCUT2D eigenvalue weighted by molar-refractivity contribution is 0.194. The standard InChI is InChI=1S/C22H31NO3/c1-6-23-14-18(12-17-9-7-8-10-21(17)25-5)26-22-11-16(4)20(24)13-19(22)15(2)3/h7-11,13,15,18,23-24H,6,12,14H2,1-5H3. The van der Waals surface area contributed by atoms with Gasteiger partial charge >= 0.3 is 0 Å². The van der Waals surface area contributed by atoms with E-state index < -0.39 is 0 Å². The van der Waals surface area contributed by atoms with Crippen LogP contribution in [0.4, 0.5) is 0 Å². The first-order valence-electron chi connectivity index (χ1n) is 9.29. The lowest BCUT2D eigenvalue weighted by Crippen LogP contribution is -2.33. The Hall–Kier alpha value is -2.20. The molecule has 0 aliphatic rings. The maximum atomic E-state index is 10.1. The molecular weight excluding hydrogens is 326 g/mol. The van der Waals surface area contributed by atoms with Gasteiger partial charge in [-0.15, -0.1) is 0 Å². The van der Waals surface area contributed by atoms with Crippen LogP contribution in [0.3, 0.4) is 0 Å². The fourth-order valence-corrected chi connectivity index (χ4v) is 3.00. The molecule has 2 rings (SSSR count). The first-order chi connectivity index (χ1) is 12.5. The number of nitrogens with one attached hydrogen (secondary N) is 1. The highest BCUT2D eigenvalue weighted by atomic mass is 16.5. The molecule has 2 N–H and O–H groups in total. The normalized spacial score (nSPS) is 12.2. The molecule has 0 saturated heterocycles. The largest absolute Gasteiger partial charge is 0.508 e. The summed E-state index contributed by atoms with van der Waals surface area (Å²) in [5.74, 6) is 2.30. The number of rotatable bonds is 9. The molecule has 0 aliphatic heterocycles. The molecule has 0 aliphatic carbocycles. The average Bonchev–Trinajstić information content (AvgIpc) is 2.62. The molecule has 0 bridgehead atoms. The summed E-state index contributed by atoms with van der Waals surface area (Å²) < 4.78 is 11.9. The molecule has 4 nitrogen and oxygen atoms in total. The van der Waals surface area contributed by atoms with Crippen LogP contribution >= 0.6 is 0 Å². The second-order valence-corrected chi connectivity index (χ2v) is 6.89. The highest BCUT2D eigenvalue weighted by Gasteiger charge is 2.18. The molecule has 4 heteroatoms. The predicted octanol–water partition coefficient (Wildman–Crippen LogP) is 4.43. The molecule has 142 valence electrons. The molecular formula is C22H31NO3. The van der Waals surface area contributed by atoms with Gasteiger partial charge in [0.15, 0.2) is 0 Å². The highest BCUT2D eigenvalue weighted by Crippen LogP contribution is 2.34. The van der Waals surface area contributed by atoms with E-state index in [1.54, 1.807) is 7.11 Å². The minimum atomic E-state index is -0.0345. The molecule has 0 radical (unpaired) electrons. The summed E-state index contributed by atoms with van der Waals surface area (Å²) in [6.07, 6.45) is 0.710. The van der Waals surface area contributed by atoms with Crippen LogP contribution in [0.1, 0.15) is 43.4 Å². The Morgan fingerprint density at radius 2 is 1.85 bits per heavy atom. The van der Waals surface area contributed by atoms with E-state index in [0.29, 0.717) is 5.75 Å². The topological polar surface area (TPSA) is 50.7 Å². The Morgan fingerprint density at radius 1 is 1.12 bits per heavy atom. The van der Waals surface area contributed by atoms with Gasteiger partial charge < -0.3 is 19.9 Å². The van der Waals surface area contributed by atoms with Crippen LogP contribution < -0.4 is 14.8 Å². The third-order valence-corrected chi connectivity index (χ3v) is 4.51. The summed E-state index contributed by atoms with van der Waals surface area (Å²) in [6, 6.07) is 11.8. The number of para-hydroxylation sites is 1. The monoisotopic (exact) mass is 357 g/mol. The van der Waals surface area contributed by atoms with Crippen molar-refractivity contribution in [1.82, 2.24) is 5.32 Å². The molecule has 1 unspecified atom stereocenters. The lowest BCUT2D eigenvalue weighted by Gasteiger charge is -2.24. The zero-order valence-electron chi connectivity index (χ0n) is 16.5. The van der Waals surface area contributed by atoms with Crippen LogP contribution in [0.25, 0.3) is 0 Å². The van der Waals surface area contributed by atoms with E-state index >= 15 is 0 Å². The van der Waals surface area contributed by atoms with Gasteiger partial charge in [-0.3, -0.25) is 0 Å². The van der Waals surface area contributed by atoms with Gasteiger partial charge in [-0.25, -0.2) is 0 Å². The van der Waals surface area contributed by atoms with Gasteiger partial charge in [0.25, 0.3) is 0 Å². The number of hydrogen-bond acceptors (Lipinski definition) is 4. The van der Waals surface area contributed by atoms with Gasteiger partial charge in [0.2, 0.25) is 0 Å². The van der Waals surface area contributed by atoms with Crippen molar-refractivity contribution in [2.24, 2.45) is 0 Å². The number of aromatic hydroxyl groups is 1. The highest BCUT2D eigenvalue weighted by molar-refractivity contribution is 5.46. The van der Waals surface area contributed by atoms with Crippen LogP contribution in [0.2, 0.25) is 0 Å². The minimum absolute atomic E-state index is 0.0345. The van der Waals surface area contributed by atoms with Crippen LogP contribution in [0.5, 0.6) is 17.2 Å². The summed E-state index contributed by atoms with van der Waals surface area (Å²) in [5, 5.41) is 13.5. The van der Waals surface area contributed by atoms with Crippen molar-refractivity contribution >= 4 is 0 Å². The predicted molar refractivity (Wildman–Crippen MR) is 107 cm³/mol. The number of ether oxygens (including phenoxy) is 2. The van der Waals surface area contributed by atoms with Crippen molar-refractivity contribution in [1.29, 1.82) is 0 Å². The maximum Gasteiger partial charge on any atom is 0.123 e. The van der Waals surface area contributed by atoms with E-state index in [9.17, 15) is 5.11 Å². The van der Waals surface area contributed by atoms with Crippen LogP contribution in [-0.4, -0.2) is 31.4 Å². The molecule has 2 aromatic rings. The average molecular weight is 357 g/mol. The Labute approximate surface area is 157 Å². The van der Waals surface area contributed by atoms with Crippen molar-refractivity contribution in [3.05, 3.63) is 53.1 Å². The summed E-state index contributed by atoms with van der Waals surface area (Å²) >= 11 is 0. The molecule has 0 spiro atoms. The Bertz CT molecular complexity index is 713. The maximum absolute atomic E-state index is 10.1. The number of aryl methyl sites for hydroxylation is 1. The molecule has 2 aromatic carbocycles. The van der Waals surface area contributed by atoms with Crippen molar-refractivity contribution in [2.75, 3.05) is 20.2 Å². The summed E-state index contributed by atoms with van der Waals surface area (Å²) in [7, 11) is 1.69. The van der Waals surface area contributed by atoms with Crippen LogP contribution in [-0.2, 0) is 6.42 Å². The van der Waals surface area contributed by atoms with Crippen molar-refractivity contribution in [2.45, 2.75) is 46.1 Å². The fourth-order valence-electron chi connectivity index (χ4n) is 3.00. The van der Waals surface area contributed by atoms with E-state index in [1.807, 2.05) is 37.3 Å².